The third kappa shape index (κ3) is 3.34. The number of rotatable bonds is 2. The van der Waals surface area contributed by atoms with Gasteiger partial charge in [-0.3, -0.25) is 4.57 Å². The highest BCUT2D eigenvalue weighted by molar-refractivity contribution is 14.1. The quantitative estimate of drug-likeness (QED) is 0.437. The minimum atomic E-state index is -0.242. The average molecular weight is 466 g/mol. The lowest BCUT2D eigenvalue weighted by Crippen LogP contribution is -2.33. The van der Waals surface area contributed by atoms with Crippen LogP contribution < -0.4 is 21.5 Å². The Balaban J connectivity index is 1.65. The lowest BCUT2D eigenvalue weighted by Gasteiger charge is -2.29. The molecule has 0 saturated heterocycles. The monoisotopic (exact) mass is 466 g/mol. The predicted octanol–water partition coefficient (Wildman–Crippen LogP) is 4.21. The number of halogens is 1. The standard InChI is InChI=1S/C19H23IN4O2/c1-19(2,20)11-3-8-15-14(9-11)22-17-16(26-15)10-24(18(25)23-17)13-6-4-12(21)5-7-13/h3,8-10,12-13H,4-7,21H2,1-2H3,(H,22,23,25). The first-order chi connectivity index (χ1) is 12.3. The topological polar surface area (TPSA) is 82.2 Å². The van der Waals surface area contributed by atoms with Gasteiger partial charge in [0.15, 0.2) is 17.3 Å². The molecule has 0 bridgehead atoms. The van der Waals surface area contributed by atoms with E-state index in [1.165, 1.54) is 5.56 Å². The molecule has 3 N–H and O–H groups in total. The van der Waals surface area contributed by atoms with Crippen molar-refractivity contribution in [3.63, 3.8) is 0 Å². The molecule has 1 aliphatic carbocycles. The van der Waals surface area contributed by atoms with Gasteiger partial charge in [0.1, 0.15) is 0 Å². The second-order valence-electron chi connectivity index (χ2n) is 7.62. The van der Waals surface area contributed by atoms with Crippen LogP contribution in [0.2, 0.25) is 0 Å². The predicted molar refractivity (Wildman–Crippen MR) is 111 cm³/mol. The lowest BCUT2D eigenvalue weighted by molar-refractivity contribution is 0.312. The molecule has 4 rings (SSSR count). The number of benzene rings is 1. The van der Waals surface area contributed by atoms with Gasteiger partial charge in [-0.05, 0) is 57.2 Å². The van der Waals surface area contributed by atoms with Crippen molar-refractivity contribution in [2.24, 2.45) is 5.73 Å². The SMILES string of the molecule is CC(C)(I)c1ccc2c(c1)Nc1nc(=O)n(C3CCC(N)CC3)cc1O2. The number of nitrogens with two attached hydrogens (primary N) is 1. The Kier molecular flexibility index (Phi) is 4.46. The molecule has 138 valence electrons. The van der Waals surface area contributed by atoms with Crippen molar-refractivity contribution in [1.29, 1.82) is 0 Å². The molecule has 0 atom stereocenters. The van der Waals surface area contributed by atoms with Crippen molar-refractivity contribution in [3.05, 3.63) is 40.4 Å². The number of aromatic nitrogens is 2. The molecule has 1 fully saturated rings. The smallest absolute Gasteiger partial charge is 0.350 e. The van der Waals surface area contributed by atoms with E-state index < -0.39 is 0 Å². The molecule has 26 heavy (non-hydrogen) atoms. The molecule has 1 aromatic heterocycles. The first-order valence-electron chi connectivity index (χ1n) is 8.98. The van der Waals surface area contributed by atoms with Gasteiger partial charge in [-0.1, -0.05) is 28.7 Å². The molecule has 1 saturated carbocycles. The molecule has 0 unspecified atom stereocenters. The molecule has 2 aromatic rings. The fourth-order valence-electron chi connectivity index (χ4n) is 3.59. The fourth-order valence-corrected chi connectivity index (χ4v) is 3.92. The maximum absolute atomic E-state index is 12.5. The molecule has 0 radical (unpaired) electrons. The molecule has 0 amide bonds. The van der Waals surface area contributed by atoms with Crippen LogP contribution in [-0.4, -0.2) is 15.6 Å². The summed E-state index contributed by atoms with van der Waals surface area (Å²) in [6.45, 7) is 4.31. The van der Waals surface area contributed by atoms with Gasteiger partial charge in [-0.25, -0.2) is 4.79 Å². The van der Waals surface area contributed by atoms with Crippen LogP contribution in [0.25, 0.3) is 0 Å². The van der Waals surface area contributed by atoms with E-state index in [0.717, 1.165) is 37.1 Å². The number of ether oxygens (including phenoxy) is 1. The first kappa shape index (κ1) is 17.8. The molecule has 2 aliphatic rings. The van der Waals surface area contributed by atoms with Gasteiger partial charge >= 0.3 is 5.69 Å². The van der Waals surface area contributed by atoms with Crippen LogP contribution in [0, 0.1) is 0 Å². The van der Waals surface area contributed by atoms with Gasteiger partial charge in [-0.15, -0.1) is 0 Å². The minimum Gasteiger partial charge on any atom is -0.450 e. The summed E-state index contributed by atoms with van der Waals surface area (Å²) in [6, 6.07) is 6.49. The molecule has 6 nitrogen and oxygen atoms in total. The van der Waals surface area contributed by atoms with E-state index in [1.807, 2.05) is 6.07 Å². The van der Waals surface area contributed by atoms with E-state index >= 15 is 0 Å². The Morgan fingerprint density at radius 2 is 2.00 bits per heavy atom. The minimum absolute atomic E-state index is 0.00735. The van der Waals surface area contributed by atoms with Crippen molar-refractivity contribution >= 4 is 34.1 Å². The lowest BCUT2D eigenvalue weighted by atomic mass is 9.91. The number of fused-ring (bicyclic) bond motifs is 2. The summed E-state index contributed by atoms with van der Waals surface area (Å²) in [5, 5.41) is 3.26. The normalized spacial score (nSPS) is 22.0. The van der Waals surface area contributed by atoms with Crippen LogP contribution in [0.3, 0.4) is 0 Å². The Morgan fingerprint density at radius 1 is 1.27 bits per heavy atom. The first-order valence-corrected chi connectivity index (χ1v) is 10.1. The number of hydrogen-bond acceptors (Lipinski definition) is 5. The van der Waals surface area contributed by atoms with E-state index in [9.17, 15) is 4.79 Å². The second-order valence-corrected chi connectivity index (χ2v) is 10.3. The zero-order valence-corrected chi connectivity index (χ0v) is 17.1. The van der Waals surface area contributed by atoms with Gasteiger partial charge < -0.3 is 15.8 Å². The van der Waals surface area contributed by atoms with Crippen molar-refractivity contribution in [2.45, 2.75) is 55.0 Å². The van der Waals surface area contributed by atoms with Gasteiger partial charge in [0.25, 0.3) is 0 Å². The second kappa shape index (κ2) is 6.53. The van der Waals surface area contributed by atoms with E-state index in [0.29, 0.717) is 11.6 Å². The van der Waals surface area contributed by atoms with Crippen molar-refractivity contribution < 1.29 is 4.74 Å². The van der Waals surface area contributed by atoms with Crippen molar-refractivity contribution in [1.82, 2.24) is 9.55 Å². The number of anilines is 2. The third-order valence-corrected chi connectivity index (χ3v) is 5.81. The molecule has 0 spiro atoms. The molecular formula is C19H23IN4O2. The highest BCUT2D eigenvalue weighted by Gasteiger charge is 2.26. The van der Waals surface area contributed by atoms with Crippen molar-refractivity contribution in [3.8, 4) is 11.5 Å². The summed E-state index contributed by atoms with van der Waals surface area (Å²) >= 11 is 2.41. The summed E-state index contributed by atoms with van der Waals surface area (Å²) in [5.74, 6) is 1.82. The van der Waals surface area contributed by atoms with Crippen LogP contribution in [-0.2, 0) is 3.42 Å². The van der Waals surface area contributed by atoms with E-state index in [-0.39, 0.29) is 21.2 Å². The highest BCUT2D eigenvalue weighted by atomic mass is 127. The van der Waals surface area contributed by atoms with Crippen LogP contribution >= 0.6 is 22.6 Å². The van der Waals surface area contributed by atoms with E-state index in [1.54, 1.807) is 10.8 Å². The van der Waals surface area contributed by atoms with Crippen LogP contribution in [0.1, 0.15) is 51.1 Å². The summed E-state index contributed by atoms with van der Waals surface area (Å²) in [7, 11) is 0. The Labute approximate surface area is 166 Å². The summed E-state index contributed by atoms with van der Waals surface area (Å²) in [4.78, 5) is 16.8. The zero-order valence-electron chi connectivity index (χ0n) is 15.0. The molecular weight excluding hydrogens is 443 g/mol. The van der Waals surface area contributed by atoms with E-state index in [2.05, 4.69) is 58.9 Å². The maximum Gasteiger partial charge on any atom is 0.350 e. The van der Waals surface area contributed by atoms with Gasteiger partial charge in [-0.2, -0.15) is 4.98 Å². The Hall–Kier alpha value is -1.61. The average Bonchev–Trinajstić information content (AvgIpc) is 2.59. The number of nitrogens with one attached hydrogen (secondary N) is 1. The number of nitrogens with zero attached hydrogens (tertiary/aromatic N) is 2. The van der Waals surface area contributed by atoms with Gasteiger partial charge in [0, 0.05) is 15.5 Å². The summed E-state index contributed by atoms with van der Waals surface area (Å²) in [6.07, 6.45) is 5.47. The summed E-state index contributed by atoms with van der Waals surface area (Å²) in [5.41, 5.74) is 7.76. The number of hydrogen-bond donors (Lipinski definition) is 2. The molecule has 7 heteroatoms. The van der Waals surface area contributed by atoms with E-state index in [4.69, 9.17) is 10.5 Å². The van der Waals surface area contributed by atoms with Gasteiger partial charge in [0.05, 0.1) is 11.9 Å². The number of alkyl halides is 1. The molecule has 1 aromatic carbocycles. The highest BCUT2D eigenvalue weighted by Crippen LogP contribution is 2.43. The zero-order chi connectivity index (χ0) is 18.5. The summed E-state index contributed by atoms with van der Waals surface area (Å²) < 4.78 is 7.76. The largest absolute Gasteiger partial charge is 0.450 e. The molecule has 2 heterocycles. The molecule has 1 aliphatic heterocycles. The maximum atomic E-state index is 12.5. The van der Waals surface area contributed by atoms with Crippen molar-refractivity contribution in [2.75, 3.05) is 5.32 Å². The Morgan fingerprint density at radius 3 is 2.69 bits per heavy atom. The Bertz CT molecular complexity index is 895. The van der Waals surface area contributed by atoms with Crippen LogP contribution in [0.15, 0.2) is 29.2 Å². The fraction of sp³-hybridized carbons (Fsp3) is 0.474. The third-order valence-electron chi connectivity index (χ3n) is 5.19. The van der Waals surface area contributed by atoms with Crippen LogP contribution in [0.4, 0.5) is 11.5 Å². The van der Waals surface area contributed by atoms with Crippen LogP contribution in [0.5, 0.6) is 11.5 Å². The van der Waals surface area contributed by atoms with Gasteiger partial charge in [0.2, 0.25) is 0 Å².